The number of halogens is 1. The van der Waals surface area contributed by atoms with Gasteiger partial charge in [-0.1, -0.05) is 30.8 Å². The first kappa shape index (κ1) is 17.5. The van der Waals surface area contributed by atoms with E-state index in [1.165, 1.54) is 6.07 Å². The molecule has 0 aliphatic carbocycles. The maximum absolute atomic E-state index is 13.9. The van der Waals surface area contributed by atoms with Crippen LogP contribution < -0.4 is 0 Å². The van der Waals surface area contributed by atoms with Crippen molar-refractivity contribution >= 4 is 16.9 Å². The molecular formula is C22H21FN4S. The first-order chi connectivity index (χ1) is 13.8. The summed E-state index contributed by atoms with van der Waals surface area (Å²) in [5.41, 5.74) is 2.91. The molecule has 1 saturated heterocycles. The quantitative estimate of drug-likeness (QED) is 0.627. The van der Waals surface area contributed by atoms with E-state index in [9.17, 15) is 4.39 Å². The zero-order chi connectivity index (χ0) is 19.1. The summed E-state index contributed by atoms with van der Waals surface area (Å²) in [5.74, 6) is 0.825. The van der Waals surface area contributed by atoms with Crippen molar-refractivity contribution in [3.05, 3.63) is 84.2 Å². The normalized spacial score (nSPS) is 23.7. The van der Waals surface area contributed by atoms with Crippen LogP contribution in [0, 0.1) is 5.82 Å². The summed E-state index contributed by atoms with van der Waals surface area (Å²) in [4.78, 5) is 12.1. The Balaban J connectivity index is 1.63. The van der Waals surface area contributed by atoms with Crippen LogP contribution in [-0.4, -0.2) is 31.4 Å². The summed E-state index contributed by atoms with van der Waals surface area (Å²) in [6.45, 7) is 2.23. The van der Waals surface area contributed by atoms with Crippen LogP contribution in [0.2, 0.25) is 0 Å². The smallest absolute Gasteiger partial charge is 0.160 e. The minimum Gasteiger partial charge on any atom is -0.337 e. The lowest BCUT2D eigenvalue weighted by Crippen LogP contribution is -2.36. The van der Waals surface area contributed by atoms with Gasteiger partial charge in [-0.05, 0) is 48.9 Å². The van der Waals surface area contributed by atoms with Gasteiger partial charge >= 0.3 is 0 Å². The highest BCUT2D eigenvalue weighted by molar-refractivity contribution is 8.14. The summed E-state index contributed by atoms with van der Waals surface area (Å²) in [7, 11) is 0. The van der Waals surface area contributed by atoms with Gasteiger partial charge in [0.2, 0.25) is 0 Å². The molecular weight excluding hydrogens is 371 g/mol. The van der Waals surface area contributed by atoms with Crippen LogP contribution in [0.15, 0.2) is 72.0 Å². The van der Waals surface area contributed by atoms with Crippen LogP contribution in [0.5, 0.6) is 0 Å². The standard InChI is InChI=1S/C22H21FN4S/c1-2-16-14-28-22-25-20(18-9-3-4-11-24-18)21(27(16)22)19-10-6-12-26(19)17-8-5-7-15(23)13-17/h3-13,16,20-21H,2,14H2,1H3/t16-,20-,21-/m1/s1. The average molecular weight is 393 g/mol. The monoisotopic (exact) mass is 392 g/mol. The Morgan fingerprint density at radius 1 is 1.14 bits per heavy atom. The van der Waals surface area contributed by atoms with E-state index in [0.717, 1.165) is 34.4 Å². The lowest BCUT2D eigenvalue weighted by Gasteiger charge is -2.32. The second-order valence-corrected chi connectivity index (χ2v) is 8.11. The largest absolute Gasteiger partial charge is 0.337 e. The number of aliphatic imine (C=N–C) groups is 1. The van der Waals surface area contributed by atoms with E-state index in [1.807, 2.05) is 54.5 Å². The van der Waals surface area contributed by atoms with E-state index >= 15 is 0 Å². The zero-order valence-corrected chi connectivity index (χ0v) is 16.4. The van der Waals surface area contributed by atoms with E-state index < -0.39 is 0 Å². The predicted octanol–water partition coefficient (Wildman–Crippen LogP) is 4.99. The minimum atomic E-state index is -0.232. The van der Waals surface area contributed by atoms with Gasteiger partial charge in [-0.15, -0.1) is 0 Å². The third-order valence-electron chi connectivity index (χ3n) is 5.50. The summed E-state index contributed by atoms with van der Waals surface area (Å²) in [5, 5.41) is 1.10. The molecule has 142 valence electrons. The Morgan fingerprint density at radius 2 is 2.07 bits per heavy atom. The molecule has 1 fully saturated rings. The Labute approximate surface area is 168 Å². The summed E-state index contributed by atoms with van der Waals surface area (Å²) in [6.07, 6.45) is 4.89. The first-order valence-corrected chi connectivity index (χ1v) is 10.6. The second-order valence-electron chi connectivity index (χ2n) is 7.12. The first-order valence-electron chi connectivity index (χ1n) is 9.59. The van der Waals surface area contributed by atoms with Crippen LogP contribution >= 0.6 is 11.8 Å². The maximum Gasteiger partial charge on any atom is 0.160 e. The Kier molecular flexibility index (Phi) is 4.43. The molecule has 4 nitrogen and oxygen atoms in total. The molecule has 0 N–H and O–H groups in total. The average Bonchev–Trinajstić information content (AvgIpc) is 3.43. The van der Waals surface area contributed by atoms with Gasteiger partial charge in [0.15, 0.2) is 5.17 Å². The van der Waals surface area contributed by atoms with Crippen molar-refractivity contribution in [1.29, 1.82) is 0 Å². The van der Waals surface area contributed by atoms with Gasteiger partial charge in [0, 0.05) is 35.6 Å². The fourth-order valence-electron chi connectivity index (χ4n) is 4.17. The van der Waals surface area contributed by atoms with Crippen molar-refractivity contribution in [1.82, 2.24) is 14.5 Å². The van der Waals surface area contributed by atoms with Crippen molar-refractivity contribution in [3.63, 3.8) is 0 Å². The third kappa shape index (κ3) is 2.83. The van der Waals surface area contributed by atoms with Gasteiger partial charge < -0.3 is 9.47 Å². The van der Waals surface area contributed by atoms with Crippen molar-refractivity contribution in [3.8, 4) is 5.69 Å². The van der Waals surface area contributed by atoms with Crippen molar-refractivity contribution < 1.29 is 4.39 Å². The number of pyridine rings is 1. The van der Waals surface area contributed by atoms with Crippen molar-refractivity contribution in [2.75, 3.05) is 5.75 Å². The van der Waals surface area contributed by atoms with Crippen LogP contribution in [0.1, 0.15) is 36.8 Å². The molecule has 28 heavy (non-hydrogen) atoms. The minimum absolute atomic E-state index is 0.0446. The zero-order valence-electron chi connectivity index (χ0n) is 15.6. The highest BCUT2D eigenvalue weighted by atomic mass is 32.2. The molecule has 1 aromatic carbocycles. The fourth-order valence-corrected chi connectivity index (χ4v) is 5.50. The number of fused-ring (bicyclic) bond motifs is 1. The number of benzene rings is 1. The van der Waals surface area contributed by atoms with E-state index in [4.69, 9.17) is 4.99 Å². The van der Waals surface area contributed by atoms with E-state index in [-0.39, 0.29) is 17.9 Å². The summed E-state index contributed by atoms with van der Waals surface area (Å²) in [6, 6.07) is 17.3. The topological polar surface area (TPSA) is 33.4 Å². The van der Waals surface area contributed by atoms with Crippen LogP contribution in [0.25, 0.3) is 5.69 Å². The number of hydrogen-bond donors (Lipinski definition) is 0. The highest BCUT2D eigenvalue weighted by Gasteiger charge is 2.46. The third-order valence-corrected chi connectivity index (χ3v) is 6.62. The van der Waals surface area contributed by atoms with Crippen LogP contribution in [-0.2, 0) is 0 Å². The molecule has 5 rings (SSSR count). The molecule has 0 amide bonds. The number of thioether (sulfide) groups is 1. The second kappa shape index (κ2) is 7.09. The van der Waals surface area contributed by atoms with E-state index in [1.54, 1.807) is 12.1 Å². The van der Waals surface area contributed by atoms with Gasteiger partial charge in [0.25, 0.3) is 0 Å². The molecule has 3 atom stereocenters. The lowest BCUT2D eigenvalue weighted by atomic mass is 9.99. The van der Waals surface area contributed by atoms with Crippen LogP contribution in [0.4, 0.5) is 4.39 Å². The van der Waals surface area contributed by atoms with Gasteiger partial charge in [-0.2, -0.15) is 0 Å². The molecule has 3 aromatic rings. The number of aromatic nitrogens is 2. The van der Waals surface area contributed by atoms with Gasteiger partial charge in [0.05, 0.1) is 5.69 Å². The van der Waals surface area contributed by atoms with Crippen molar-refractivity contribution in [2.24, 2.45) is 4.99 Å². The molecule has 6 heteroatoms. The van der Waals surface area contributed by atoms with Gasteiger partial charge in [-0.25, -0.2) is 4.39 Å². The lowest BCUT2D eigenvalue weighted by molar-refractivity contribution is 0.249. The Bertz CT molecular complexity index is 1020. The van der Waals surface area contributed by atoms with Gasteiger partial charge in [-0.3, -0.25) is 9.98 Å². The highest BCUT2D eigenvalue weighted by Crippen LogP contribution is 2.48. The number of nitrogens with zero attached hydrogens (tertiary/aromatic N) is 4. The molecule has 2 aliphatic heterocycles. The summed E-state index contributed by atoms with van der Waals surface area (Å²) < 4.78 is 16.0. The molecule has 4 heterocycles. The van der Waals surface area contributed by atoms with Crippen LogP contribution in [0.3, 0.4) is 0 Å². The fraction of sp³-hybridized carbons (Fsp3) is 0.273. The number of rotatable bonds is 4. The number of hydrogen-bond acceptors (Lipinski definition) is 4. The molecule has 0 saturated carbocycles. The molecule has 0 radical (unpaired) electrons. The van der Waals surface area contributed by atoms with Gasteiger partial charge in [0.1, 0.15) is 17.9 Å². The molecule has 0 unspecified atom stereocenters. The SMILES string of the molecule is CC[C@@H]1CSC2=N[C@H](c3ccccn3)[C@@H](c3cccn3-c3cccc(F)c3)N21. The maximum atomic E-state index is 13.9. The van der Waals surface area contributed by atoms with E-state index in [2.05, 4.69) is 27.4 Å². The molecule has 2 aliphatic rings. The number of amidine groups is 1. The van der Waals surface area contributed by atoms with Crippen molar-refractivity contribution in [2.45, 2.75) is 31.5 Å². The Morgan fingerprint density at radius 3 is 2.86 bits per heavy atom. The molecule has 0 spiro atoms. The molecule has 2 aromatic heterocycles. The van der Waals surface area contributed by atoms with E-state index in [0.29, 0.717) is 6.04 Å². The summed E-state index contributed by atoms with van der Waals surface area (Å²) >= 11 is 1.83. The molecule has 0 bridgehead atoms. The predicted molar refractivity (Wildman–Crippen MR) is 111 cm³/mol. The Hall–Kier alpha value is -2.60.